The quantitative estimate of drug-likeness (QED) is 0.253. The van der Waals surface area contributed by atoms with E-state index in [0.717, 1.165) is 111 Å². The zero-order chi connectivity index (χ0) is 30.4. The van der Waals surface area contributed by atoms with Gasteiger partial charge in [0.2, 0.25) is 0 Å². The van der Waals surface area contributed by atoms with Gasteiger partial charge >= 0.3 is 0 Å². The molecule has 0 aromatic carbocycles. The van der Waals surface area contributed by atoms with Crippen LogP contribution in [0.3, 0.4) is 0 Å². The van der Waals surface area contributed by atoms with Gasteiger partial charge in [-0.25, -0.2) is 0 Å². The maximum Gasteiger partial charge on any atom is 0.0417 e. The summed E-state index contributed by atoms with van der Waals surface area (Å²) in [7, 11) is 0. The topological polar surface area (TPSA) is 9.72 Å². The first-order valence-electron chi connectivity index (χ1n) is 22.0. The van der Waals surface area contributed by atoms with Crippen LogP contribution in [0.25, 0.3) is 0 Å². The van der Waals surface area contributed by atoms with Gasteiger partial charge in [0, 0.05) is 75.4 Å². The highest BCUT2D eigenvalue weighted by atomic mass is 32.2. The SMILES string of the molecule is C1CCC2C(C1)CC1C3C2SC2CCCCC2N3C2CC3CCCCC3C3C2N1C1CC2CCCCC2C2SC4CCCCC4N3C21. The largest absolute Gasteiger partial charge is 0.289 e. The molecular weight excluding hydrogens is 611 g/mol. The molecule has 0 bridgehead atoms. The van der Waals surface area contributed by atoms with E-state index in [1.54, 1.807) is 57.8 Å². The maximum absolute atomic E-state index is 3.59. The molecule has 0 aromatic heterocycles. The van der Waals surface area contributed by atoms with E-state index in [-0.39, 0.29) is 0 Å². The summed E-state index contributed by atoms with van der Waals surface area (Å²) >= 11 is 5.27. The second kappa shape index (κ2) is 11.5. The molecule has 0 amide bonds. The summed E-state index contributed by atoms with van der Waals surface area (Å²) in [6.45, 7) is 0. The molecule has 0 aromatic rings. The normalized spacial score (nSPS) is 59.9. The maximum atomic E-state index is 3.59. The summed E-state index contributed by atoms with van der Waals surface area (Å²) in [5.41, 5.74) is 0. The molecule has 12 fully saturated rings. The Morgan fingerprint density at radius 1 is 0.319 bits per heavy atom. The van der Waals surface area contributed by atoms with E-state index in [1.807, 2.05) is 0 Å². The third-order valence-corrected chi connectivity index (χ3v) is 22.0. The number of hydrogen-bond acceptors (Lipinski definition) is 5. The van der Waals surface area contributed by atoms with Crippen molar-refractivity contribution in [3.05, 3.63) is 0 Å². The molecule has 12 rings (SSSR count). The van der Waals surface area contributed by atoms with Crippen LogP contribution in [0.5, 0.6) is 0 Å². The highest BCUT2D eigenvalue weighted by Crippen LogP contribution is 2.65. The lowest BCUT2D eigenvalue weighted by atomic mass is 9.55. The molecule has 4 heterocycles. The number of nitrogens with zero attached hydrogens (tertiary/aromatic N) is 3. The van der Waals surface area contributed by atoms with Crippen LogP contribution >= 0.6 is 23.5 Å². The molecule has 47 heavy (non-hydrogen) atoms. The Kier molecular flexibility index (Phi) is 7.39. The van der Waals surface area contributed by atoms with Crippen molar-refractivity contribution in [2.75, 3.05) is 0 Å². The van der Waals surface area contributed by atoms with E-state index in [1.165, 1.54) is 89.9 Å². The number of rotatable bonds is 0. The van der Waals surface area contributed by atoms with Crippen molar-refractivity contribution in [3.8, 4) is 0 Å². The Hall–Kier alpha value is 0.580. The monoisotopic (exact) mass is 675 g/mol. The van der Waals surface area contributed by atoms with Gasteiger partial charge < -0.3 is 0 Å². The van der Waals surface area contributed by atoms with Crippen LogP contribution in [0.1, 0.15) is 148 Å². The van der Waals surface area contributed by atoms with E-state index in [0.29, 0.717) is 0 Å². The fraction of sp³-hybridized carbons (Fsp3) is 1.00. The number of piperazine rings is 2. The van der Waals surface area contributed by atoms with Gasteiger partial charge in [-0.1, -0.05) is 83.5 Å². The van der Waals surface area contributed by atoms with Crippen LogP contribution in [-0.4, -0.2) is 90.1 Å². The molecule has 19 unspecified atom stereocenters. The van der Waals surface area contributed by atoms with Crippen molar-refractivity contribution in [2.24, 2.45) is 35.5 Å². The molecule has 260 valence electrons. The van der Waals surface area contributed by atoms with Crippen LogP contribution in [0.2, 0.25) is 0 Å². The zero-order valence-electron chi connectivity index (χ0n) is 29.4. The molecule has 0 radical (unpaired) electrons. The first-order chi connectivity index (χ1) is 23.3. The standard InChI is InChI=1S/C42H65N3S2/c1-4-14-27-24(11-1)21-32-38-37(27)45-31-18-8-10-20-36(31)47-42-29-16-6-3-13-26(29)23-34(40(42)45)44(38)33-22-25-12-2-5-15-28(25)41-39(33)43(32)30-17-7-9-19-35(30)46-41/h24-42H,1-23H2. The Morgan fingerprint density at radius 2 is 0.723 bits per heavy atom. The van der Waals surface area contributed by atoms with Crippen molar-refractivity contribution in [1.29, 1.82) is 0 Å². The summed E-state index contributed by atoms with van der Waals surface area (Å²) < 4.78 is 0. The molecular formula is C42H65N3S2. The highest BCUT2D eigenvalue weighted by molar-refractivity contribution is 8.01. The van der Waals surface area contributed by atoms with Gasteiger partial charge in [0.05, 0.1) is 0 Å². The molecule has 12 aliphatic rings. The molecule has 4 aliphatic heterocycles. The summed E-state index contributed by atoms with van der Waals surface area (Å²) in [5.74, 6) is 6.17. The van der Waals surface area contributed by atoms with Gasteiger partial charge in [0.15, 0.2) is 0 Å². The van der Waals surface area contributed by atoms with Gasteiger partial charge in [-0.3, -0.25) is 14.7 Å². The fourth-order valence-electron chi connectivity index (χ4n) is 17.0. The highest BCUT2D eigenvalue weighted by Gasteiger charge is 2.71. The average Bonchev–Trinajstić information content (AvgIpc) is 3.13. The molecule has 5 heteroatoms. The van der Waals surface area contributed by atoms with Crippen LogP contribution in [0.15, 0.2) is 0 Å². The van der Waals surface area contributed by atoms with Crippen LogP contribution in [0, 0.1) is 35.5 Å². The Balaban J connectivity index is 1.05. The average molecular weight is 676 g/mol. The van der Waals surface area contributed by atoms with E-state index in [2.05, 4.69) is 38.2 Å². The molecule has 8 saturated carbocycles. The summed E-state index contributed by atoms with van der Waals surface area (Å²) in [5, 5.41) is 3.80. The number of fused-ring (bicyclic) bond motifs is 14. The fourth-order valence-corrected chi connectivity index (χ4v) is 21.4. The minimum absolute atomic E-state index is 0.856. The second-order valence-electron chi connectivity index (χ2n) is 19.8. The predicted molar refractivity (Wildman–Crippen MR) is 197 cm³/mol. The third kappa shape index (κ3) is 4.25. The van der Waals surface area contributed by atoms with Crippen molar-refractivity contribution in [3.63, 3.8) is 0 Å². The van der Waals surface area contributed by atoms with E-state index < -0.39 is 0 Å². The molecule has 0 spiro atoms. The Bertz CT molecular complexity index is 1200. The van der Waals surface area contributed by atoms with Crippen molar-refractivity contribution >= 4 is 23.5 Å². The Morgan fingerprint density at radius 3 is 1.32 bits per heavy atom. The predicted octanol–water partition coefficient (Wildman–Crippen LogP) is 8.98. The number of thioether (sulfide) groups is 2. The van der Waals surface area contributed by atoms with Crippen molar-refractivity contribution in [2.45, 2.75) is 223 Å². The first kappa shape index (κ1) is 30.1. The minimum atomic E-state index is 0.856. The van der Waals surface area contributed by atoms with E-state index >= 15 is 0 Å². The van der Waals surface area contributed by atoms with Gasteiger partial charge in [-0.2, -0.15) is 23.5 Å². The summed E-state index contributed by atoms with van der Waals surface area (Å²) in [6.07, 6.45) is 35.7. The lowest BCUT2D eigenvalue weighted by molar-refractivity contribution is -0.242. The van der Waals surface area contributed by atoms with Crippen LogP contribution in [-0.2, 0) is 0 Å². The summed E-state index contributed by atoms with van der Waals surface area (Å²) in [6, 6.07) is 7.94. The zero-order valence-corrected chi connectivity index (χ0v) is 31.0. The van der Waals surface area contributed by atoms with E-state index in [4.69, 9.17) is 0 Å². The molecule has 3 nitrogen and oxygen atoms in total. The smallest absolute Gasteiger partial charge is 0.0417 e. The van der Waals surface area contributed by atoms with Gasteiger partial charge in [-0.15, -0.1) is 0 Å². The van der Waals surface area contributed by atoms with E-state index in [9.17, 15) is 0 Å². The lowest BCUT2D eigenvalue weighted by Crippen LogP contribution is -2.89. The third-order valence-electron chi connectivity index (χ3n) is 18.3. The van der Waals surface area contributed by atoms with Gasteiger partial charge in [0.25, 0.3) is 0 Å². The molecule has 8 aliphatic carbocycles. The van der Waals surface area contributed by atoms with Crippen LogP contribution in [0.4, 0.5) is 0 Å². The van der Waals surface area contributed by atoms with Crippen LogP contribution < -0.4 is 0 Å². The summed E-state index contributed by atoms with van der Waals surface area (Å²) in [4.78, 5) is 10.7. The minimum Gasteiger partial charge on any atom is -0.289 e. The van der Waals surface area contributed by atoms with Crippen molar-refractivity contribution in [1.82, 2.24) is 14.7 Å². The Labute approximate surface area is 295 Å². The number of hydrogen-bond donors (Lipinski definition) is 0. The molecule has 19 atom stereocenters. The van der Waals surface area contributed by atoms with Gasteiger partial charge in [-0.05, 0) is 99.7 Å². The molecule has 4 saturated heterocycles. The van der Waals surface area contributed by atoms with Crippen molar-refractivity contribution < 1.29 is 0 Å². The lowest BCUT2D eigenvalue weighted by Gasteiger charge is -2.77. The second-order valence-corrected chi connectivity index (χ2v) is 22.7. The molecule has 0 N–H and O–H groups in total. The van der Waals surface area contributed by atoms with Gasteiger partial charge in [0.1, 0.15) is 0 Å². The first-order valence-corrected chi connectivity index (χ1v) is 23.9.